The van der Waals surface area contributed by atoms with E-state index in [0.717, 1.165) is 0 Å². The molecule has 5 heteroatoms. The highest BCUT2D eigenvalue weighted by atomic mass is 16.4. The summed E-state index contributed by atoms with van der Waals surface area (Å²) in [5, 5.41) is 20.7. The molecule has 0 aliphatic carbocycles. The van der Waals surface area contributed by atoms with Gasteiger partial charge in [0.05, 0.1) is 6.54 Å². The van der Waals surface area contributed by atoms with Gasteiger partial charge in [0.2, 0.25) is 5.72 Å². The van der Waals surface area contributed by atoms with Crippen LogP contribution in [0.4, 0.5) is 5.69 Å². The fraction of sp³-hybridized carbons (Fsp3) is 0.222. The summed E-state index contributed by atoms with van der Waals surface area (Å²) in [7, 11) is 0. The molecule has 0 aliphatic rings. The molecule has 14 heavy (non-hydrogen) atoms. The molecule has 1 aromatic carbocycles. The highest BCUT2D eigenvalue weighted by Crippen LogP contribution is 2.12. The van der Waals surface area contributed by atoms with E-state index >= 15 is 0 Å². The van der Waals surface area contributed by atoms with E-state index in [0.29, 0.717) is 5.69 Å². The van der Waals surface area contributed by atoms with Gasteiger partial charge in [-0.15, -0.1) is 0 Å². The summed E-state index contributed by atoms with van der Waals surface area (Å²) in [6, 6.07) is 8.52. The van der Waals surface area contributed by atoms with E-state index in [1.807, 2.05) is 0 Å². The topological polar surface area (TPSA) is 95.6 Å². The molecule has 0 amide bonds. The van der Waals surface area contributed by atoms with Crippen molar-refractivity contribution in [3.63, 3.8) is 0 Å². The minimum absolute atomic E-state index is 0.406. The molecule has 0 fully saturated rings. The first kappa shape index (κ1) is 10.5. The lowest BCUT2D eigenvalue weighted by Crippen LogP contribution is -2.52. The van der Waals surface area contributed by atoms with Crippen molar-refractivity contribution in [1.82, 2.24) is 0 Å². The van der Waals surface area contributed by atoms with Crippen molar-refractivity contribution in [3.05, 3.63) is 30.3 Å². The van der Waals surface area contributed by atoms with E-state index in [2.05, 4.69) is 5.32 Å². The summed E-state index contributed by atoms with van der Waals surface area (Å²) >= 11 is 0. The van der Waals surface area contributed by atoms with Gasteiger partial charge in [0.25, 0.3) is 0 Å². The predicted octanol–water partition coefficient (Wildman–Crippen LogP) is -0.170. The van der Waals surface area contributed by atoms with Crippen LogP contribution in [0, 0.1) is 0 Å². The minimum atomic E-state index is -2.11. The van der Waals surface area contributed by atoms with Crippen molar-refractivity contribution in [2.24, 2.45) is 5.73 Å². The summed E-state index contributed by atoms with van der Waals surface area (Å²) in [6.45, 7) is -0.406. The summed E-state index contributed by atoms with van der Waals surface area (Å²) in [5.41, 5.74) is 3.56. The van der Waals surface area contributed by atoms with Gasteiger partial charge in [-0.1, -0.05) is 18.2 Å². The number of aliphatic carboxylic acids is 1. The zero-order valence-corrected chi connectivity index (χ0v) is 7.47. The first-order valence-electron chi connectivity index (χ1n) is 4.07. The van der Waals surface area contributed by atoms with Gasteiger partial charge in [0.15, 0.2) is 0 Å². The maximum absolute atomic E-state index is 10.7. The normalized spacial score (nSPS) is 14.4. The van der Waals surface area contributed by atoms with E-state index in [9.17, 15) is 9.90 Å². The molecule has 0 bridgehead atoms. The van der Waals surface area contributed by atoms with Gasteiger partial charge in [-0.25, -0.2) is 4.79 Å². The Morgan fingerprint density at radius 1 is 1.43 bits per heavy atom. The van der Waals surface area contributed by atoms with Crippen LogP contribution in [0.1, 0.15) is 0 Å². The van der Waals surface area contributed by atoms with Crippen molar-refractivity contribution in [1.29, 1.82) is 0 Å². The number of rotatable bonds is 4. The van der Waals surface area contributed by atoms with Crippen LogP contribution < -0.4 is 11.1 Å². The Labute approximate surface area is 81.2 Å². The summed E-state index contributed by atoms with van der Waals surface area (Å²) in [5.74, 6) is -1.40. The Morgan fingerprint density at radius 2 is 2.00 bits per heavy atom. The Morgan fingerprint density at radius 3 is 2.43 bits per heavy atom. The first-order chi connectivity index (χ1) is 6.58. The van der Waals surface area contributed by atoms with E-state index in [-0.39, 0.29) is 0 Å². The molecule has 1 aromatic rings. The molecule has 0 aliphatic heterocycles. The Kier molecular flexibility index (Phi) is 3.06. The van der Waals surface area contributed by atoms with Crippen molar-refractivity contribution in [2.75, 3.05) is 11.9 Å². The third-order valence-electron chi connectivity index (χ3n) is 1.77. The van der Waals surface area contributed by atoms with Crippen LogP contribution >= 0.6 is 0 Å². The number of carboxylic acid groups (broad SMARTS) is 1. The van der Waals surface area contributed by atoms with Crippen LogP contribution in [0.25, 0.3) is 0 Å². The summed E-state index contributed by atoms with van der Waals surface area (Å²) in [4.78, 5) is 10.7. The number of nitrogens with two attached hydrogens (primary N) is 1. The van der Waals surface area contributed by atoms with Crippen molar-refractivity contribution in [3.8, 4) is 0 Å². The maximum atomic E-state index is 10.7. The molecule has 0 radical (unpaired) electrons. The van der Waals surface area contributed by atoms with Crippen molar-refractivity contribution in [2.45, 2.75) is 5.72 Å². The smallest absolute Gasteiger partial charge is 0.358 e. The molecule has 5 nitrogen and oxygen atoms in total. The third-order valence-corrected chi connectivity index (χ3v) is 1.77. The molecule has 1 unspecified atom stereocenters. The highest BCUT2D eigenvalue weighted by Gasteiger charge is 2.34. The molecule has 0 saturated carbocycles. The average molecular weight is 196 g/mol. The van der Waals surface area contributed by atoms with Gasteiger partial charge in [0, 0.05) is 5.69 Å². The number of hydrogen-bond donors (Lipinski definition) is 4. The van der Waals surface area contributed by atoms with Crippen LogP contribution in [-0.4, -0.2) is 28.5 Å². The van der Waals surface area contributed by atoms with Gasteiger partial charge >= 0.3 is 5.97 Å². The number of hydrogen-bond acceptors (Lipinski definition) is 4. The zero-order valence-electron chi connectivity index (χ0n) is 7.47. The minimum Gasteiger partial charge on any atom is -0.478 e. The molecule has 1 atom stereocenters. The van der Waals surface area contributed by atoms with E-state index in [4.69, 9.17) is 10.8 Å². The van der Waals surface area contributed by atoms with Crippen LogP contribution in [0.3, 0.4) is 0 Å². The molecule has 0 heterocycles. The monoisotopic (exact) mass is 196 g/mol. The maximum Gasteiger partial charge on any atom is 0.358 e. The van der Waals surface area contributed by atoms with Crippen molar-refractivity contribution >= 4 is 11.7 Å². The lowest BCUT2D eigenvalue weighted by atomic mass is 10.2. The number of carboxylic acids is 1. The number of aliphatic hydroxyl groups is 1. The largest absolute Gasteiger partial charge is 0.478 e. The second-order valence-corrected chi connectivity index (χ2v) is 2.86. The van der Waals surface area contributed by atoms with Gasteiger partial charge in [-0.3, -0.25) is 0 Å². The molecule has 76 valence electrons. The molecular formula is C9H12N2O3. The number of para-hydroxylation sites is 1. The standard InChI is InChI=1S/C9H12N2O3/c10-6-9(14,8(12)13)11-7-4-2-1-3-5-7/h1-5,11,14H,6,10H2,(H,12,13). The summed E-state index contributed by atoms with van der Waals surface area (Å²) < 4.78 is 0. The molecule has 5 N–H and O–H groups in total. The fourth-order valence-electron chi connectivity index (χ4n) is 0.952. The van der Waals surface area contributed by atoms with Gasteiger partial charge in [-0.2, -0.15) is 0 Å². The second-order valence-electron chi connectivity index (χ2n) is 2.86. The van der Waals surface area contributed by atoms with Crippen LogP contribution in [-0.2, 0) is 4.79 Å². The number of carbonyl (C=O) groups is 1. The molecule has 0 spiro atoms. The second kappa shape index (κ2) is 4.08. The lowest BCUT2D eigenvalue weighted by Gasteiger charge is -2.23. The first-order valence-corrected chi connectivity index (χ1v) is 4.07. The highest BCUT2D eigenvalue weighted by molar-refractivity contribution is 5.80. The van der Waals surface area contributed by atoms with Gasteiger partial charge < -0.3 is 21.3 Å². The van der Waals surface area contributed by atoms with E-state index in [1.165, 1.54) is 0 Å². The van der Waals surface area contributed by atoms with E-state index < -0.39 is 18.2 Å². The Hall–Kier alpha value is -1.59. The third kappa shape index (κ3) is 2.21. The fourth-order valence-corrected chi connectivity index (χ4v) is 0.952. The SMILES string of the molecule is NCC(O)(Nc1ccccc1)C(=O)O. The predicted molar refractivity (Wildman–Crippen MR) is 51.7 cm³/mol. The number of anilines is 1. The molecule has 0 saturated heterocycles. The quantitative estimate of drug-likeness (QED) is 0.501. The number of nitrogens with one attached hydrogen (secondary N) is 1. The summed E-state index contributed by atoms with van der Waals surface area (Å²) in [6.07, 6.45) is 0. The zero-order chi connectivity index (χ0) is 10.6. The molecular weight excluding hydrogens is 184 g/mol. The van der Waals surface area contributed by atoms with Gasteiger partial charge in [0.1, 0.15) is 0 Å². The Bertz CT molecular complexity index is 315. The van der Waals surface area contributed by atoms with Crippen LogP contribution in [0.15, 0.2) is 30.3 Å². The van der Waals surface area contributed by atoms with Crippen molar-refractivity contribution < 1.29 is 15.0 Å². The number of benzene rings is 1. The van der Waals surface area contributed by atoms with Crippen LogP contribution in [0.2, 0.25) is 0 Å². The van der Waals surface area contributed by atoms with Gasteiger partial charge in [-0.05, 0) is 12.1 Å². The molecule has 1 rings (SSSR count). The van der Waals surface area contributed by atoms with E-state index in [1.54, 1.807) is 30.3 Å². The lowest BCUT2D eigenvalue weighted by molar-refractivity contribution is -0.154. The molecule has 0 aromatic heterocycles. The Balaban J connectivity index is 2.81. The average Bonchev–Trinajstić information content (AvgIpc) is 2.19. The van der Waals surface area contributed by atoms with Crippen LogP contribution in [0.5, 0.6) is 0 Å².